The molecule has 40 heavy (non-hydrogen) atoms. The number of amides is 3. The maximum Gasteiger partial charge on any atom is 0.326 e. The zero-order valence-electron chi connectivity index (χ0n) is 21.8. The minimum absolute atomic E-state index is 0.0142. The van der Waals surface area contributed by atoms with Gasteiger partial charge < -0.3 is 42.0 Å². The fourth-order valence-electron chi connectivity index (χ4n) is 3.66. The van der Waals surface area contributed by atoms with E-state index < -0.39 is 60.2 Å². The van der Waals surface area contributed by atoms with E-state index in [9.17, 15) is 34.2 Å². The van der Waals surface area contributed by atoms with Gasteiger partial charge in [-0.05, 0) is 42.5 Å². The summed E-state index contributed by atoms with van der Waals surface area (Å²) in [4.78, 5) is 68.7. The van der Waals surface area contributed by atoms with E-state index in [2.05, 4.69) is 25.9 Å². The summed E-state index contributed by atoms with van der Waals surface area (Å²) < 4.78 is 0. The number of carbonyl (C=O) groups is 5. The monoisotopic (exact) mass is 578 g/mol. The second-order valence-electron chi connectivity index (χ2n) is 8.99. The molecule has 4 atom stereocenters. The van der Waals surface area contributed by atoms with Crippen molar-refractivity contribution in [1.82, 2.24) is 25.9 Å². The van der Waals surface area contributed by atoms with Gasteiger partial charge in [0.1, 0.15) is 23.9 Å². The predicted molar refractivity (Wildman–Crippen MR) is 145 cm³/mol. The summed E-state index contributed by atoms with van der Waals surface area (Å²) >= 11 is 1.41. The Labute approximate surface area is 234 Å². The van der Waals surface area contributed by atoms with Gasteiger partial charge in [0.25, 0.3) is 0 Å². The number of benzene rings is 1. The van der Waals surface area contributed by atoms with Crippen molar-refractivity contribution >= 4 is 41.4 Å². The van der Waals surface area contributed by atoms with Crippen LogP contribution in [-0.2, 0) is 36.8 Å². The molecule has 0 aliphatic rings. The number of hydrogen-bond acceptors (Lipinski definition) is 9. The van der Waals surface area contributed by atoms with E-state index in [-0.39, 0.29) is 31.4 Å². The number of H-pyrrole nitrogens is 1. The maximum absolute atomic E-state index is 13.3. The summed E-state index contributed by atoms with van der Waals surface area (Å²) in [5.41, 5.74) is 7.07. The molecule has 218 valence electrons. The highest BCUT2D eigenvalue weighted by Crippen LogP contribution is 2.13. The highest BCUT2D eigenvalue weighted by molar-refractivity contribution is 7.98. The van der Waals surface area contributed by atoms with Gasteiger partial charge in [-0.1, -0.05) is 12.1 Å². The van der Waals surface area contributed by atoms with Gasteiger partial charge in [0.2, 0.25) is 17.7 Å². The Bertz CT molecular complexity index is 1140. The topological polar surface area (TPSA) is 237 Å². The van der Waals surface area contributed by atoms with Gasteiger partial charge in [-0.2, -0.15) is 11.8 Å². The number of aliphatic carboxylic acids is 2. The predicted octanol–water partition coefficient (Wildman–Crippen LogP) is -0.615. The highest BCUT2D eigenvalue weighted by Gasteiger charge is 2.31. The van der Waals surface area contributed by atoms with Crippen LogP contribution >= 0.6 is 11.8 Å². The standard InChI is InChI=1S/C25H34N6O8S/c1-40-9-8-19(25(38)39)30-24(37)20(10-14-2-4-16(32)5-3-14)31-23(36)18(6-7-21(33)34)29-22(35)17(26)11-15-12-27-13-28-15/h2-5,12-13,17-20,32H,6-11,26H2,1H3,(H,27,28)(H,29,35)(H,30,37)(H,31,36)(H,33,34)(H,38,39). The zero-order valence-corrected chi connectivity index (χ0v) is 22.6. The first-order valence-corrected chi connectivity index (χ1v) is 13.7. The van der Waals surface area contributed by atoms with Crippen LogP contribution in [0.25, 0.3) is 0 Å². The minimum Gasteiger partial charge on any atom is -0.508 e. The Kier molecular flexibility index (Phi) is 12.9. The molecular weight excluding hydrogens is 544 g/mol. The second kappa shape index (κ2) is 16.1. The lowest BCUT2D eigenvalue weighted by atomic mass is 10.0. The maximum atomic E-state index is 13.3. The molecule has 9 N–H and O–H groups in total. The molecule has 0 saturated heterocycles. The van der Waals surface area contributed by atoms with Gasteiger partial charge in [0.05, 0.1) is 12.4 Å². The fraction of sp³-hybridized carbons (Fsp3) is 0.440. The lowest BCUT2D eigenvalue weighted by molar-refractivity contribution is -0.142. The first kappa shape index (κ1) is 32.1. The summed E-state index contributed by atoms with van der Waals surface area (Å²) in [5.74, 6) is -4.34. The van der Waals surface area contributed by atoms with E-state index in [0.29, 0.717) is 17.0 Å². The number of aromatic hydroxyl groups is 1. The zero-order chi connectivity index (χ0) is 29.7. The van der Waals surface area contributed by atoms with E-state index >= 15 is 0 Å². The summed E-state index contributed by atoms with van der Waals surface area (Å²) in [6.45, 7) is 0. The van der Waals surface area contributed by atoms with Gasteiger partial charge in [0, 0.05) is 31.2 Å². The quantitative estimate of drug-likeness (QED) is 0.118. The molecule has 0 fully saturated rings. The molecule has 1 aromatic carbocycles. The van der Waals surface area contributed by atoms with Crippen molar-refractivity contribution in [3.8, 4) is 5.75 Å². The number of nitrogens with two attached hydrogens (primary N) is 1. The Morgan fingerprint density at radius 3 is 2.12 bits per heavy atom. The fourth-order valence-corrected chi connectivity index (χ4v) is 4.13. The Morgan fingerprint density at radius 2 is 1.55 bits per heavy atom. The number of phenolic OH excluding ortho intramolecular Hbond substituents is 1. The average Bonchev–Trinajstić information content (AvgIpc) is 3.42. The van der Waals surface area contributed by atoms with Gasteiger partial charge >= 0.3 is 11.9 Å². The molecule has 4 unspecified atom stereocenters. The minimum atomic E-state index is -1.35. The number of carboxylic acid groups (broad SMARTS) is 2. The van der Waals surface area contributed by atoms with Gasteiger partial charge in [0.15, 0.2) is 0 Å². The number of phenols is 1. The molecule has 14 nitrogen and oxygen atoms in total. The van der Waals surface area contributed by atoms with Crippen LogP contribution in [-0.4, -0.2) is 91.1 Å². The van der Waals surface area contributed by atoms with Crippen LogP contribution in [0.4, 0.5) is 0 Å². The van der Waals surface area contributed by atoms with Crippen LogP contribution in [0.3, 0.4) is 0 Å². The molecule has 1 aromatic heterocycles. The third-order valence-corrected chi connectivity index (χ3v) is 6.49. The summed E-state index contributed by atoms with van der Waals surface area (Å²) in [7, 11) is 0. The average molecular weight is 579 g/mol. The summed E-state index contributed by atoms with van der Waals surface area (Å²) in [6, 6.07) is 0.925. The molecule has 2 rings (SSSR count). The number of carboxylic acids is 2. The van der Waals surface area contributed by atoms with Crippen LogP contribution < -0.4 is 21.7 Å². The first-order chi connectivity index (χ1) is 19.0. The van der Waals surface area contributed by atoms with Gasteiger partial charge in [-0.15, -0.1) is 0 Å². The van der Waals surface area contributed by atoms with Crippen molar-refractivity contribution in [2.75, 3.05) is 12.0 Å². The van der Waals surface area contributed by atoms with Crippen molar-refractivity contribution in [3.63, 3.8) is 0 Å². The highest BCUT2D eigenvalue weighted by atomic mass is 32.2. The number of nitrogens with zero attached hydrogens (tertiary/aromatic N) is 1. The molecule has 15 heteroatoms. The van der Waals surface area contributed by atoms with Crippen LogP contribution in [0.5, 0.6) is 5.75 Å². The van der Waals surface area contributed by atoms with E-state index in [1.165, 1.54) is 48.6 Å². The van der Waals surface area contributed by atoms with Crippen molar-refractivity contribution in [2.24, 2.45) is 5.73 Å². The third kappa shape index (κ3) is 10.9. The smallest absolute Gasteiger partial charge is 0.326 e. The number of aromatic amines is 1. The molecule has 3 amide bonds. The molecule has 0 aliphatic heterocycles. The lowest BCUT2D eigenvalue weighted by Gasteiger charge is -2.25. The van der Waals surface area contributed by atoms with Crippen LogP contribution in [0.15, 0.2) is 36.8 Å². The molecular formula is C25H34N6O8S. The molecule has 1 heterocycles. The van der Waals surface area contributed by atoms with Crippen LogP contribution in [0, 0.1) is 0 Å². The molecule has 2 aromatic rings. The van der Waals surface area contributed by atoms with Crippen molar-refractivity contribution in [2.45, 2.75) is 56.3 Å². The first-order valence-electron chi connectivity index (χ1n) is 12.4. The third-order valence-electron chi connectivity index (χ3n) is 5.85. The Hall–Kier alpha value is -4.11. The number of hydrogen-bond donors (Lipinski definition) is 8. The Morgan fingerprint density at radius 1 is 0.925 bits per heavy atom. The molecule has 0 saturated carbocycles. The summed E-state index contributed by atoms with van der Waals surface area (Å²) in [6.07, 6.45) is 4.09. The van der Waals surface area contributed by atoms with Crippen molar-refractivity contribution < 1.29 is 39.3 Å². The lowest BCUT2D eigenvalue weighted by Crippen LogP contribution is -2.57. The number of imidazole rings is 1. The van der Waals surface area contributed by atoms with E-state index in [4.69, 9.17) is 10.8 Å². The largest absolute Gasteiger partial charge is 0.508 e. The normalized spacial score (nSPS) is 13.8. The van der Waals surface area contributed by atoms with Gasteiger partial charge in [-0.3, -0.25) is 19.2 Å². The summed E-state index contributed by atoms with van der Waals surface area (Å²) in [5, 5.41) is 35.6. The SMILES string of the molecule is CSCCC(NC(=O)C(Cc1ccc(O)cc1)NC(=O)C(CCC(=O)O)NC(=O)C(N)Cc1cnc[nH]1)C(=O)O. The molecule has 0 radical (unpaired) electrons. The number of carbonyl (C=O) groups excluding carboxylic acids is 3. The van der Waals surface area contributed by atoms with E-state index in [1.54, 1.807) is 6.26 Å². The number of thioether (sulfide) groups is 1. The van der Waals surface area contributed by atoms with E-state index in [1.807, 2.05) is 0 Å². The number of nitrogens with one attached hydrogen (secondary N) is 4. The van der Waals surface area contributed by atoms with Crippen LogP contribution in [0.1, 0.15) is 30.5 Å². The number of aromatic nitrogens is 2. The van der Waals surface area contributed by atoms with Crippen molar-refractivity contribution in [3.05, 3.63) is 48.0 Å². The van der Waals surface area contributed by atoms with Crippen molar-refractivity contribution in [1.29, 1.82) is 0 Å². The second-order valence-corrected chi connectivity index (χ2v) is 9.98. The van der Waals surface area contributed by atoms with E-state index in [0.717, 1.165) is 0 Å². The van der Waals surface area contributed by atoms with Gasteiger partial charge in [-0.25, -0.2) is 9.78 Å². The van der Waals surface area contributed by atoms with Crippen LogP contribution in [0.2, 0.25) is 0 Å². The molecule has 0 aliphatic carbocycles. The Balaban J connectivity index is 2.22. The molecule has 0 bridgehead atoms. The number of rotatable bonds is 17. The molecule has 0 spiro atoms.